The van der Waals surface area contributed by atoms with Gasteiger partial charge in [-0.2, -0.15) is 5.26 Å². The molecule has 0 saturated carbocycles. The van der Waals surface area contributed by atoms with E-state index in [-0.39, 0.29) is 17.2 Å². The molecule has 0 aromatic heterocycles. The van der Waals surface area contributed by atoms with Gasteiger partial charge in [0.15, 0.2) is 11.5 Å². The maximum atomic E-state index is 9.69. The molecule has 0 amide bonds. The summed E-state index contributed by atoms with van der Waals surface area (Å²) in [6, 6.07) is 12.3. The zero-order valence-corrected chi connectivity index (χ0v) is 13.2. The zero-order chi connectivity index (χ0) is 17.3. The van der Waals surface area contributed by atoms with Crippen LogP contribution in [0.5, 0.6) is 23.0 Å². The number of nitriles is 1. The number of hydrogen-bond acceptors (Lipinski definition) is 6. The second-order valence-corrected chi connectivity index (χ2v) is 5.23. The molecule has 6 nitrogen and oxygen atoms in total. The van der Waals surface area contributed by atoms with Crippen molar-refractivity contribution in [1.29, 1.82) is 5.26 Å². The van der Waals surface area contributed by atoms with Crippen molar-refractivity contribution in [3.8, 4) is 29.1 Å². The number of aromatic hydroxyl groups is 1. The Morgan fingerprint density at radius 1 is 1.17 bits per heavy atom. The molecule has 1 aliphatic rings. The summed E-state index contributed by atoms with van der Waals surface area (Å²) in [5.74, 6) is 1.05. The molecule has 0 radical (unpaired) electrons. The number of benzene rings is 2. The highest BCUT2D eigenvalue weighted by atomic mass is 16.5. The first-order chi connectivity index (χ1) is 11.6. The molecule has 2 aromatic carbocycles. The Hall–Kier alpha value is -3.33. The van der Waals surface area contributed by atoms with Crippen LogP contribution in [-0.2, 0) is 0 Å². The lowest BCUT2D eigenvalue weighted by molar-refractivity contribution is 0.349. The van der Waals surface area contributed by atoms with Crippen LogP contribution < -0.4 is 19.9 Å². The van der Waals surface area contributed by atoms with Gasteiger partial charge in [-0.3, -0.25) is 0 Å². The van der Waals surface area contributed by atoms with Crippen LogP contribution >= 0.6 is 0 Å². The number of phenols is 1. The van der Waals surface area contributed by atoms with Crippen LogP contribution in [0.25, 0.3) is 0 Å². The molecule has 0 fully saturated rings. The maximum absolute atomic E-state index is 9.69. The third kappa shape index (κ3) is 2.36. The topological polar surface area (TPSA) is 97.7 Å². The number of para-hydroxylation sites is 1. The van der Waals surface area contributed by atoms with Gasteiger partial charge in [0.05, 0.1) is 20.1 Å². The van der Waals surface area contributed by atoms with E-state index in [4.69, 9.17) is 19.9 Å². The Morgan fingerprint density at radius 3 is 2.62 bits per heavy atom. The molecule has 1 atom stereocenters. The highest BCUT2D eigenvalue weighted by Crippen LogP contribution is 2.47. The highest BCUT2D eigenvalue weighted by Gasteiger charge is 2.33. The van der Waals surface area contributed by atoms with E-state index in [1.165, 1.54) is 13.2 Å². The third-order valence-electron chi connectivity index (χ3n) is 3.95. The van der Waals surface area contributed by atoms with E-state index >= 15 is 0 Å². The lowest BCUT2D eigenvalue weighted by atomic mass is 9.83. The van der Waals surface area contributed by atoms with Gasteiger partial charge >= 0.3 is 0 Å². The molecular formula is C18H16N2O4. The Kier molecular flexibility index (Phi) is 3.92. The predicted octanol–water partition coefficient (Wildman–Crippen LogP) is 2.63. The van der Waals surface area contributed by atoms with Crippen molar-refractivity contribution in [3.63, 3.8) is 0 Å². The minimum absolute atomic E-state index is 0.00507. The SMILES string of the molecule is COc1cccc(C2C(C#N)=C(N)Oc3cc(O)ccc32)c1OC. The number of fused-ring (bicyclic) bond motifs is 1. The van der Waals surface area contributed by atoms with E-state index in [0.29, 0.717) is 22.8 Å². The van der Waals surface area contributed by atoms with E-state index < -0.39 is 5.92 Å². The first-order valence-corrected chi connectivity index (χ1v) is 7.22. The summed E-state index contributed by atoms with van der Waals surface area (Å²) in [6.45, 7) is 0. The average molecular weight is 324 g/mol. The largest absolute Gasteiger partial charge is 0.508 e. The van der Waals surface area contributed by atoms with Gasteiger partial charge in [-0.05, 0) is 12.1 Å². The molecule has 0 spiro atoms. The monoisotopic (exact) mass is 324 g/mol. The Morgan fingerprint density at radius 2 is 1.96 bits per heavy atom. The Balaban J connectivity index is 2.29. The van der Waals surface area contributed by atoms with Crippen molar-refractivity contribution in [2.45, 2.75) is 5.92 Å². The fraction of sp³-hybridized carbons (Fsp3) is 0.167. The standard InChI is InChI=1S/C18H16N2O4/c1-22-14-5-3-4-12(17(14)23-2)16-11-7-6-10(21)8-15(11)24-18(20)13(16)9-19/h3-8,16,21H,20H2,1-2H3. The van der Waals surface area contributed by atoms with Crippen molar-refractivity contribution >= 4 is 0 Å². The highest BCUT2D eigenvalue weighted by molar-refractivity contribution is 5.61. The Bertz CT molecular complexity index is 868. The molecule has 1 heterocycles. The summed E-state index contributed by atoms with van der Waals surface area (Å²) in [5, 5.41) is 19.3. The third-order valence-corrected chi connectivity index (χ3v) is 3.95. The van der Waals surface area contributed by atoms with Crippen LogP contribution in [0.1, 0.15) is 17.0 Å². The van der Waals surface area contributed by atoms with Crippen LogP contribution in [0.4, 0.5) is 0 Å². The van der Waals surface area contributed by atoms with E-state index in [1.54, 1.807) is 25.3 Å². The number of allylic oxidation sites excluding steroid dienone is 1. The zero-order valence-electron chi connectivity index (χ0n) is 13.2. The van der Waals surface area contributed by atoms with Crippen LogP contribution in [-0.4, -0.2) is 19.3 Å². The van der Waals surface area contributed by atoms with Gasteiger partial charge in [-0.25, -0.2) is 0 Å². The molecule has 3 rings (SSSR count). The van der Waals surface area contributed by atoms with Gasteiger partial charge in [-0.15, -0.1) is 0 Å². The first kappa shape index (κ1) is 15.6. The van der Waals surface area contributed by atoms with Gasteiger partial charge in [0.2, 0.25) is 5.88 Å². The summed E-state index contributed by atoms with van der Waals surface area (Å²) in [5.41, 5.74) is 7.64. The number of methoxy groups -OCH3 is 2. The number of nitrogens with two attached hydrogens (primary N) is 1. The molecule has 2 aromatic rings. The number of hydrogen-bond donors (Lipinski definition) is 2. The van der Waals surface area contributed by atoms with Crippen molar-refractivity contribution in [2.24, 2.45) is 5.73 Å². The molecular weight excluding hydrogens is 308 g/mol. The average Bonchev–Trinajstić information content (AvgIpc) is 2.59. The fourth-order valence-corrected chi connectivity index (χ4v) is 2.90. The number of rotatable bonds is 3. The summed E-state index contributed by atoms with van der Waals surface area (Å²) < 4.78 is 16.3. The molecule has 3 N–H and O–H groups in total. The normalized spacial score (nSPS) is 16.0. The van der Waals surface area contributed by atoms with Gasteiger partial charge in [0.25, 0.3) is 0 Å². The summed E-state index contributed by atoms with van der Waals surface area (Å²) in [6.07, 6.45) is 0. The first-order valence-electron chi connectivity index (χ1n) is 7.22. The lowest BCUT2D eigenvalue weighted by Gasteiger charge is -2.27. The van der Waals surface area contributed by atoms with Gasteiger partial charge in [-0.1, -0.05) is 18.2 Å². The second-order valence-electron chi connectivity index (χ2n) is 5.23. The van der Waals surface area contributed by atoms with E-state index in [9.17, 15) is 10.4 Å². The van der Waals surface area contributed by atoms with Crippen LogP contribution in [0.2, 0.25) is 0 Å². The van der Waals surface area contributed by atoms with Gasteiger partial charge < -0.3 is 25.1 Å². The summed E-state index contributed by atoms with van der Waals surface area (Å²) in [4.78, 5) is 0. The van der Waals surface area contributed by atoms with E-state index in [0.717, 1.165) is 5.56 Å². The molecule has 6 heteroatoms. The minimum Gasteiger partial charge on any atom is -0.508 e. The second kappa shape index (κ2) is 6.05. The number of phenolic OH excluding ortho intramolecular Hbond substituents is 1. The summed E-state index contributed by atoms with van der Waals surface area (Å²) >= 11 is 0. The van der Waals surface area contributed by atoms with E-state index in [2.05, 4.69) is 6.07 Å². The lowest BCUT2D eigenvalue weighted by Crippen LogP contribution is -2.21. The Labute approximate surface area is 139 Å². The number of ether oxygens (including phenoxy) is 3. The molecule has 122 valence electrons. The molecule has 0 bridgehead atoms. The predicted molar refractivity (Wildman–Crippen MR) is 87.0 cm³/mol. The molecule has 0 aliphatic carbocycles. The summed E-state index contributed by atoms with van der Waals surface area (Å²) in [7, 11) is 3.09. The van der Waals surface area contributed by atoms with Crippen LogP contribution in [0, 0.1) is 11.3 Å². The van der Waals surface area contributed by atoms with Gasteiger partial charge in [0, 0.05) is 17.2 Å². The minimum atomic E-state index is -0.482. The van der Waals surface area contributed by atoms with Crippen LogP contribution in [0.15, 0.2) is 47.9 Å². The van der Waals surface area contributed by atoms with Gasteiger partial charge in [0.1, 0.15) is 23.1 Å². The smallest absolute Gasteiger partial charge is 0.205 e. The van der Waals surface area contributed by atoms with Crippen LogP contribution in [0.3, 0.4) is 0 Å². The maximum Gasteiger partial charge on any atom is 0.205 e. The quantitative estimate of drug-likeness (QED) is 0.900. The molecule has 24 heavy (non-hydrogen) atoms. The van der Waals surface area contributed by atoms with Crippen molar-refractivity contribution in [1.82, 2.24) is 0 Å². The van der Waals surface area contributed by atoms with Crippen molar-refractivity contribution in [2.75, 3.05) is 14.2 Å². The molecule has 1 unspecified atom stereocenters. The van der Waals surface area contributed by atoms with E-state index in [1.807, 2.05) is 12.1 Å². The molecule has 1 aliphatic heterocycles. The fourth-order valence-electron chi connectivity index (χ4n) is 2.90. The number of nitrogens with zero attached hydrogens (tertiary/aromatic N) is 1. The van der Waals surface area contributed by atoms with Crippen molar-refractivity contribution < 1.29 is 19.3 Å². The van der Waals surface area contributed by atoms with Crippen molar-refractivity contribution in [3.05, 3.63) is 59.0 Å². The molecule has 0 saturated heterocycles.